The number of amides is 1. The van der Waals surface area contributed by atoms with E-state index in [1.54, 1.807) is 38.2 Å². The fourth-order valence-electron chi connectivity index (χ4n) is 2.15. The van der Waals surface area contributed by atoms with Crippen LogP contribution in [0.15, 0.2) is 39.6 Å². The van der Waals surface area contributed by atoms with E-state index in [0.29, 0.717) is 31.1 Å². The van der Waals surface area contributed by atoms with Crippen LogP contribution in [0.4, 0.5) is 5.69 Å². The molecule has 0 bridgehead atoms. The molecule has 5 nitrogen and oxygen atoms in total. The predicted octanol–water partition coefficient (Wildman–Crippen LogP) is 4.42. The number of benzene rings is 1. The summed E-state index contributed by atoms with van der Waals surface area (Å²) in [5.74, 6) is -0.233. The van der Waals surface area contributed by atoms with Gasteiger partial charge in [0.2, 0.25) is 5.91 Å². The second-order valence-corrected chi connectivity index (χ2v) is 8.40. The van der Waals surface area contributed by atoms with Crippen molar-refractivity contribution in [2.24, 2.45) is 7.05 Å². The quantitative estimate of drug-likeness (QED) is 0.507. The molecular weight excluding hydrogens is 401 g/mol. The highest BCUT2D eigenvalue weighted by molar-refractivity contribution is 8.00. The highest BCUT2D eigenvalue weighted by Crippen LogP contribution is 2.26. The van der Waals surface area contributed by atoms with Gasteiger partial charge in [0, 0.05) is 22.8 Å². The topological polar surface area (TPSA) is 64.0 Å². The number of nitrogens with one attached hydrogen (secondary N) is 1. The number of thioether (sulfide) groups is 1. The predicted molar refractivity (Wildman–Crippen MR) is 105 cm³/mol. The van der Waals surface area contributed by atoms with E-state index >= 15 is 0 Å². The molecule has 0 spiro atoms. The number of nitrogens with zero attached hydrogens (tertiary/aromatic N) is 2. The fourth-order valence-corrected chi connectivity index (χ4v) is 4.36. The zero-order chi connectivity index (χ0) is 18.1. The Morgan fingerprint density at radius 1 is 1.32 bits per heavy atom. The molecule has 1 unspecified atom stereocenters. The molecular formula is C16H13Cl2N3O2S2. The monoisotopic (exact) mass is 413 g/mol. The SMILES string of the molecule is CC(Sc1nc2ccsc2c(=O)n1C)C(=O)Nc1cc(Cl)cc(Cl)c1. The molecule has 1 N–H and O–H groups in total. The van der Waals surface area contributed by atoms with Gasteiger partial charge in [-0.2, -0.15) is 0 Å². The van der Waals surface area contributed by atoms with Crippen LogP contribution >= 0.6 is 46.3 Å². The first kappa shape index (κ1) is 18.3. The van der Waals surface area contributed by atoms with E-state index in [2.05, 4.69) is 10.3 Å². The number of halogens is 2. The first-order valence-electron chi connectivity index (χ1n) is 7.23. The van der Waals surface area contributed by atoms with Crippen LogP contribution in [-0.2, 0) is 11.8 Å². The molecule has 0 saturated heterocycles. The standard InChI is InChI=1S/C16H13Cl2N3O2S2/c1-8(14(22)19-11-6-9(17)5-10(18)7-11)25-16-20-12-3-4-24-13(12)15(23)21(16)2/h3-8H,1-2H3,(H,19,22). The number of aromatic nitrogens is 2. The number of carbonyl (C=O) groups excluding carboxylic acids is 1. The van der Waals surface area contributed by atoms with Crippen LogP contribution in [0.3, 0.4) is 0 Å². The lowest BCUT2D eigenvalue weighted by atomic mass is 10.3. The van der Waals surface area contributed by atoms with Crippen molar-refractivity contribution in [3.05, 3.63) is 50.0 Å². The highest BCUT2D eigenvalue weighted by Gasteiger charge is 2.19. The summed E-state index contributed by atoms with van der Waals surface area (Å²) in [6.45, 7) is 1.75. The third-order valence-corrected chi connectivity index (χ3v) is 5.90. The number of thiophene rings is 1. The molecule has 9 heteroatoms. The normalized spacial score (nSPS) is 12.3. The number of carbonyl (C=O) groups is 1. The third kappa shape index (κ3) is 4.00. The minimum absolute atomic E-state index is 0.114. The van der Waals surface area contributed by atoms with Crippen LogP contribution in [0.25, 0.3) is 10.2 Å². The van der Waals surface area contributed by atoms with Crippen LogP contribution in [0, 0.1) is 0 Å². The summed E-state index contributed by atoms with van der Waals surface area (Å²) >= 11 is 14.4. The Morgan fingerprint density at radius 3 is 2.68 bits per heavy atom. The summed E-state index contributed by atoms with van der Waals surface area (Å²) in [6.07, 6.45) is 0. The molecule has 0 aliphatic rings. The zero-order valence-electron chi connectivity index (χ0n) is 13.2. The number of hydrogen-bond acceptors (Lipinski definition) is 5. The van der Waals surface area contributed by atoms with E-state index in [0.717, 1.165) is 0 Å². The van der Waals surface area contributed by atoms with E-state index in [-0.39, 0.29) is 11.5 Å². The fraction of sp³-hybridized carbons (Fsp3) is 0.188. The van der Waals surface area contributed by atoms with Gasteiger partial charge in [-0.05, 0) is 36.6 Å². The Labute approximate surface area is 162 Å². The smallest absolute Gasteiger partial charge is 0.271 e. The average Bonchev–Trinajstić information content (AvgIpc) is 2.99. The van der Waals surface area contributed by atoms with Crippen molar-refractivity contribution in [3.63, 3.8) is 0 Å². The maximum atomic E-state index is 12.4. The van der Waals surface area contributed by atoms with Crippen molar-refractivity contribution >= 4 is 68.1 Å². The molecule has 1 atom stereocenters. The van der Waals surface area contributed by atoms with Crippen molar-refractivity contribution < 1.29 is 4.79 Å². The lowest BCUT2D eigenvalue weighted by Crippen LogP contribution is -2.25. The molecule has 130 valence electrons. The van der Waals surface area contributed by atoms with Crippen molar-refractivity contribution in [1.29, 1.82) is 0 Å². The van der Waals surface area contributed by atoms with Gasteiger partial charge < -0.3 is 5.32 Å². The molecule has 0 aliphatic carbocycles. The van der Waals surface area contributed by atoms with E-state index in [9.17, 15) is 9.59 Å². The Balaban J connectivity index is 1.79. The summed E-state index contributed by atoms with van der Waals surface area (Å²) in [4.78, 5) is 29.2. The second kappa shape index (κ2) is 7.37. The zero-order valence-corrected chi connectivity index (χ0v) is 16.4. The number of anilines is 1. The summed E-state index contributed by atoms with van der Waals surface area (Å²) < 4.78 is 2.07. The molecule has 0 aliphatic heterocycles. The van der Waals surface area contributed by atoms with Crippen LogP contribution < -0.4 is 10.9 Å². The van der Waals surface area contributed by atoms with Gasteiger partial charge in [0.1, 0.15) is 4.70 Å². The van der Waals surface area contributed by atoms with Gasteiger partial charge in [-0.3, -0.25) is 14.2 Å². The first-order chi connectivity index (χ1) is 11.8. The Bertz CT molecular complexity index is 996. The maximum absolute atomic E-state index is 12.4. The van der Waals surface area contributed by atoms with Crippen LogP contribution in [0.1, 0.15) is 6.92 Å². The largest absolute Gasteiger partial charge is 0.325 e. The van der Waals surface area contributed by atoms with Crippen molar-refractivity contribution in [2.75, 3.05) is 5.32 Å². The van der Waals surface area contributed by atoms with E-state index < -0.39 is 5.25 Å². The Morgan fingerprint density at radius 2 is 2.00 bits per heavy atom. The lowest BCUT2D eigenvalue weighted by molar-refractivity contribution is -0.115. The third-order valence-electron chi connectivity index (χ3n) is 3.43. The maximum Gasteiger partial charge on any atom is 0.271 e. The molecule has 2 heterocycles. The highest BCUT2D eigenvalue weighted by atomic mass is 35.5. The minimum Gasteiger partial charge on any atom is -0.325 e. The summed E-state index contributed by atoms with van der Waals surface area (Å²) in [6, 6.07) is 6.62. The Hall–Kier alpha value is -1.54. The van der Waals surface area contributed by atoms with Gasteiger partial charge in [0.05, 0.1) is 10.8 Å². The molecule has 3 rings (SSSR count). The van der Waals surface area contributed by atoms with Gasteiger partial charge in [0.15, 0.2) is 5.16 Å². The molecule has 3 aromatic rings. The van der Waals surface area contributed by atoms with Crippen LogP contribution in [-0.4, -0.2) is 20.7 Å². The van der Waals surface area contributed by atoms with Crippen LogP contribution in [0.5, 0.6) is 0 Å². The summed E-state index contributed by atoms with van der Waals surface area (Å²) in [5, 5.41) is 5.50. The van der Waals surface area contributed by atoms with E-state index in [1.807, 2.05) is 5.38 Å². The van der Waals surface area contributed by atoms with E-state index in [4.69, 9.17) is 23.2 Å². The van der Waals surface area contributed by atoms with Crippen molar-refractivity contribution in [2.45, 2.75) is 17.3 Å². The molecule has 0 radical (unpaired) electrons. The lowest BCUT2D eigenvalue weighted by Gasteiger charge is -2.14. The summed E-state index contributed by atoms with van der Waals surface area (Å²) in [5.41, 5.74) is 1.05. The van der Waals surface area contributed by atoms with E-state index in [1.165, 1.54) is 27.7 Å². The number of rotatable bonds is 4. The molecule has 0 saturated carbocycles. The molecule has 1 amide bonds. The molecule has 25 heavy (non-hydrogen) atoms. The minimum atomic E-state index is -0.466. The van der Waals surface area contributed by atoms with Crippen LogP contribution in [0.2, 0.25) is 10.0 Å². The molecule has 0 fully saturated rings. The van der Waals surface area contributed by atoms with Crippen molar-refractivity contribution in [3.8, 4) is 0 Å². The summed E-state index contributed by atoms with van der Waals surface area (Å²) in [7, 11) is 1.65. The number of fused-ring (bicyclic) bond motifs is 1. The Kier molecular flexibility index (Phi) is 5.38. The van der Waals surface area contributed by atoms with Gasteiger partial charge in [-0.25, -0.2) is 4.98 Å². The average molecular weight is 414 g/mol. The first-order valence-corrected chi connectivity index (χ1v) is 9.74. The van der Waals surface area contributed by atoms with Gasteiger partial charge in [-0.1, -0.05) is 35.0 Å². The van der Waals surface area contributed by atoms with Gasteiger partial charge in [-0.15, -0.1) is 11.3 Å². The second-order valence-electron chi connectivity index (χ2n) is 5.30. The van der Waals surface area contributed by atoms with Gasteiger partial charge in [0.25, 0.3) is 5.56 Å². The molecule has 1 aromatic carbocycles. The molecule has 2 aromatic heterocycles. The van der Waals surface area contributed by atoms with Crippen molar-refractivity contribution in [1.82, 2.24) is 9.55 Å². The number of hydrogen-bond donors (Lipinski definition) is 1. The van der Waals surface area contributed by atoms with Gasteiger partial charge >= 0.3 is 0 Å².